The number of fused-ring (bicyclic) bond motifs is 3. The summed E-state index contributed by atoms with van der Waals surface area (Å²) in [6.07, 6.45) is 1.02. The number of carbonyl (C=O) groups excluding carboxylic acids is 4. The molecule has 15 heteroatoms. The Morgan fingerprint density at radius 1 is 1.19 bits per heavy atom. The van der Waals surface area contributed by atoms with Crippen molar-refractivity contribution >= 4 is 59.6 Å². The molecule has 1 saturated heterocycles. The minimum absolute atomic E-state index is 0. The van der Waals surface area contributed by atoms with Crippen molar-refractivity contribution in [2.75, 3.05) is 33.0 Å². The van der Waals surface area contributed by atoms with Crippen LogP contribution in [0.4, 0.5) is 10.1 Å². The highest BCUT2D eigenvalue weighted by atomic mass is 35.5. The lowest BCUT2D eigenvalue weighted by Crippen LogP contribution is -2.65. The van der Waals surface area contributed by atoms with Gasteiger partial charge in [0.1, 0.15) is 22.9 Å². The molecule has 0 bridgehead atoms. The normalized spacial score (nSPS) is 28.9. The van der Waals surface area contributed by atoms with E-state index in [1.807, 2.05) is 4.90 Å². The molecule has 0 unspecified atom stereocenters. The number of amides is 2. The number of nitrogens with two attached hydrogens (primary N) is 1. The summed E-state index contributed by atoms with van der Waals surface area (Å²) in [7, 11) is 4.75. The van der Waals surface area contributed by atoms with Crippen LogP contribution in [0.25, 0.3) is 5.76 Å². The number of carbonyl (C=O) groups is 4. The Kier molecular flexibility index (Phi) is 9.07. The van der Waals surface area contributed by atoms with Crippen LogP contribution in [0.15, 0.2) is 23.0 Å². The van der Waals surface area contributed by atoms with Gasteiger partial charge in [0, 0.05) is 23.1 Å². The molecule has 1 saturated carbocycles. The van der Waals surface area contributed by atoms with E-state index in [4.69, 9.17) is 5.73 Å². The molecule has 1 aliphatic heterocycles. The smallest absolute Gasteiger partial charge is 0.255 e. The molecule has 7 N–H and O–H groups in total. The molecule has 230 valence electrons. The summed E-state index contributed by atoms with van der Waals surface area (Å²) >= 11 is 0. The molecule has 1 aromatic rings. The molecule has 4 aliphatic rings. The SMILES string of the molecule is CN(C)[C@@H]1C(=O)C(C(N)=O)=C(O)[C@@]2(O)C(=O)C3=C(O)c4c(O)c(NC(=O)[C@@H]5CCCN5C)cc(F)c4C[C@H]3C[C@@H]12.Cl.Cl. The number of halogens is 3. The van der Waals surface area contributed by atoms with Crippen molar-refractivity contribution in [1.29, 1.82) is 0 Å². The van der Waals surface area contributed by atoms with Gasteiger partial charge in [-0.25, -0.2) is 4.39 Å². The van der Waals surface area contributed by atoms with E-state index in [0.717, 1.165) is 12.5 Å². The van der Waals surface area contributed by atoms with E-state index in [1.165, 1.54) is 19.0 Å². The summed E-state index contributed by atoms with van der Waals surface area (Å²) < 4.78 is 15.4. The zero-order valence-corrected chi connectivity index (χ0v) is 24.6. The fourth-order valence-corrected chi connectivity index (χ4v) is 6.82. The van der Waals surface area contributed by atoms with Crippen molar-refractivity contribution in [2.24, 2.45) is 17.6 Å². The molecule has 0 radical (unpaired) electrons. The summed E-state index contributed by atoms with van der Waals surface area (Å²) in [6, 6.07) is -0.781. The quantitative estimate of drug-likeness (QED) is 0.206. The maximum Gasteiger partial charge on any atom is 0.255 e. The number of anilines is 1. The van der Waals surface area contributed by atoms with Crippen molar-refractivity contribution in [3.8, 4) is 5.75 Å². The Morgan fingerprint density at radius 3 is 2.38 bits per heavy atom. The highest BCUT2D eigenvalue weighted by Crippen LogP contribution is 2.53. The number of nitrogens with zero attached hydrogens (tertiary/aromatic N) is 2. The lowest BCUT2D eigenvalue weighted by atomic mass is 9.57. The van der Waals surface area contributed by atoms with Gasteiger partial charge >= 0.3 is 0 Å². The van der Waals surface area contributed by atoms with Crippen LogP contribution >= 0.6 is 24.8 Å². The minimum Gasteiger partial charge on any atom is -0.508 e. The Balaban J connectivity index is 0.00000242. The van der Waals surface area contributed by atoms with Crippen molar-refractivity contribution in [2.45, 2.75) is 43.4 Å². The van der Waals surface area contributed by atoms with Gasteiger partial charge in [0.05, 0.1) is 23.3 Å². The number of hydrogen-bond acceptors (Lipinski definition) is 10. The largest absolute Gasteiger partial charge is 0.508 e. The first-order valence-electron chi connectivity index (χ1n) is 12.9. The van der Waals surface area contributed by atoms with Crippen LogP contribution in [0.3, 0.4) is 0 Å². The average Bonchev–Trinajstić information content (AvgIpc) is 3.30. The second-order valence-corrected chi connectivity index (χ2v) is 11.2. The van der Waals surface area contributed by atoms with Crippen LogP contribution in [0.2, 0.25) is 0 Å². The topological polar surface area (TPSA) is 194 Å². The van der Waals surface area contributed by atoms with E-state index in [0.29, 0.717) is 13.0 Å². The molecule has 0 spiro atoms. The Labute approximate surface area is 252 Å². The second-order valence-electron chi connectivity index (χ2n) is 11.2. The first-order valence-corrected chi connectivity index (χ1v) is 12.9. The summed E-state index contributed by atoms with van der Waals surface area (Å²) in [5.41, 5.74) is 0.358. The van der Waals surface area contributed by atoms with E-state index >= 15 is 4.39 Å². The maximum atomic E-state index is 15.4. The molecule has 2 fully saturated rings. The Morgan fingerprint density at radius 2 is 1.83 bits per heavy atom. The lowest BCUT2D eigenvalue weighted by Gasteiger charge is -2.50. The number of ketones is 2. The molecule has 1 aromatic carbocycles. The van der Waals surface area contributed by atoms with Crippen LogP contribution in [-0.2, 0) is 25.6 Å². The number of phenols is 1. The van der Waals surface area contributed by atoms with Gasteiger partial charge in [-0.3, -0.25) is 29.0 Å². The molecular formula is C27H33Cl2FN4O8. The summed E-state index contributed by atoms with van der Waals surface area (Å²) in [6.45, 7) is 0.696. The monoisotopic (exact) mass is 630 g/mol. The maximum absolute atomic E-state index is 15.4. The fraction of sp³-hybridized carbons (Fsp3) is 0.481. The third kappa shape index (κ3) is 4.63. The van der Waals surface area contributed by atoms with Gasteiger partial charge in [-0.2, -0.15) is 0 Å². The van der Waals surface area contributed by atoms with E-state index in [2.05, 4.69) is 5.32 Å². The number of aliphatic hydroxyl groups is 3. The molecule has 0 aromatic heterocycles. The number of primary amides is 1. The Hall–Kier alpha value is -3.23. The zero-order valence-electron chi connectivity index (χ0n) is 23.0. The number of hydrogen-bond donors (Lipinski definition) is 6. The molecule has 42 heavy (non-hydrogen) atoms. The Bertz CT molecular complexity index is 1450. The number of Topliss-reactive ketones (excluding diaryl/α,β-unsaturated/α-hetero) is 2. The predicted octanol–water partition coefficient (Wildman–Crippen LogP) is 0.979. The predicted molar refractivity (Wildman–Crippen MR) is 153 cm³/mol. The lowest BCUT2D eigenvalue weighted by molar-refractivity contribution is -0.153. The summed E-state index contributed by atoms with van der Waals surface area (Å²) in [5.74, 6) is -9.59. The van der Waals surface area contributed by atoms with E-state index in [1.54, 1.807) is 7.05 Å². The van der Waals surface area contributed by atoms with Crippen molar-refractivity contribution in [3.63, 3.8) is 0 Å². The summed E-state index contributed by atoms with van der Waals surface area (Å²) in [4.78, 5) is 55.0. The van der Waals surface area contributed by atoms with E-state index in [-0.39, 0.29) is 48.9 Å². The fourth-order valence-electron chi connectivity index (χ4n) is 6.82. The molecule has 3 aliphatic carbocycles. The standard InChI is InChI=1S/C27H31FN4O8.2ClH/c1-31(2)19-12-8-10-7-11-13(28)9-14(30-26(39)15-5-4-6-32(15)3)20(33)17(11)21(34)16(10)23(36)27(12,40)24(37)18(22(19)35)25(29)38;;/h9-10,12,15,19,33-34,37,40H,4-8H2,1-3H3,(H2,29,38)(H,30,39);2*1H/t10-,12-,15-,19-,27-;;/m0../s1. The van der Waals surface area contributed by atoms with Gasteiger partial charge in [0.2, 0.25) is 11.7 Å². The van der Waals surface area contributed by atoms with E-state index < -0.39 is 92.7 Å². The molecular weight excluding hydrogens is 598 g/mol. The third-order valence-corrected chi connectivity index (χ3v) is 8.75. The number of rotatable bonds is 4. The van der Waals surface area contributed by atoms with Crippen LogP contribution in [0.1, 0.15) is 30.4 Å². The van der Waals surface area contributed by atoms with E-state index in [9.17, 15) is 39.6 Å². The highest BCUT2D eigenvalue weighted by molar-refractivity contribution is 6.24. The zero-order chi connectivity index (χ0) is 29.4. The number of aromatic hydroxyl groups is 1. The molecule has 5 atom stereocenters. The number of aliphatic hydroxyl groups excluding tert-OH is 2. The number of phenolic OH excluding ortho intramolecular Hbond substituents is 1. The first-order chi connectivity index (χ1) is 18.7. The van der Waals surface area contributed by atoms with Crippen LogP contribution in [-0.4, -0.2) is 99.0 Å². The average molecular weight is 631 g/mol. The van der Waals surface area contributed by atoms with Crippen LogP contribution in [0, 0.1) is 17.7 Å². The van der Waals surface area contributed by atoms with Gasteiger partial charge in [-0.1, -0.05) is 0 Å². The van der Waals surface area contributed by atoms with Crippen LogP contribution in [0.5, 0.6) is 5.75 Å². The second kappa shape index (κ2) is 11.5. The first kappa shape index (κ1) is 33.3. The highest BCUT2D eigenvalue weighted by Gasteiger charge is 2.64. The van der Waals surface area contributed by atoms with Gasteiger partial charge in [0.25, 0.3) is 5.91 Å². The van der Waals surface area contributed by atoms with Gasteiger partial charge in [-0.05, 0) is 59.3 Å². The van der Waals surface area contributed by atoms with Crippen molar-refractivity contribution in [1.82, 2.24) is 9.80 Å². The minimum atomic E-state index is -2.79. The van der Waals surface area contributed by atoms with Gasteiger partial charge < -0.3 is 31.5 Å². The number of nitrogens with one attached hydrogen (secondary N) is 1. The van der Waals surface area contributed by atoms with Gasteiger partial charge in [0.15, 0.2) is 17.1 Å². The number of likely N-dealkylation sites (N-methyl/N-ethyl adjacent to an activating group) is 2. The summed E-state index contributed by atoms with van der Waals surface area (Å²) in [5, 5.41) is 47.3. The van der Waals surface area contributed by atoms with Crippen LogP contribution < -0.4 is 11.1 Å². The molecule has 2 amide bonds. The van der Waals surface area contributed by atoms with Crippen molar-refractivity contribution in [3.05, 3.63) is 39.9 Å². The number of likely N-dealkylation sites (tertiary alicyclic amines) is 1. The van der Waals surface area contributed by atoms with Gasteiger partial charge in [-0.15, -0.1) is 24.8 Å². The molecule has 12 nitrogen and oxygen atoms in total. The molecule has 5 rings (SSSR count). The molecule has 1 heterocycles. The number of benzene rings is 1. The van der Waals surface area contributed by atoms with Crippen molar-refractivity contribution < 1.29 is 44.0 Å². The third-order valence-electron chi connectivity index (χ3n) is 8.75.